The van der Waals surface area contributed by atoms with Gasteiger partial charge in [0.15, 0.2) is 0 Å². The molecule has 5 heteroatoms. The number of carboxylic acids is 1. The lowest BCUT2D eigenvalue weighted by Gasteiger charge is -2.35. The fraction of sp³-hybridized carbons (Fsp3) is 0.800. The number of hydrogen-bond donors (Lipinski definition) is 1. The lowest BCUT2D eigenvalue weighted by molar-refractivity contribution is -0.146. The molecular formula is C10H17NO4. The molecule has 1 fully saturated rings. The van der Waals surface area contributed by atoms with Crippen molar-refractivity contribution in [3.8, 4) is 0 Å². The Morgan fingerprint density at radius 3 is 2.27 bits per heavy atom. The molecule has 5 nitrogen and oxygen atoms in total. The number of ether oxygens (including phenoxy) is 1. The maximum absolute atomic E-state index is 11.6. The minimum Gasteiger partial charge on any atom is -0.481 e. The van der Waals surface area contributed by atoms with E-state index < -0.39 is 5.97 Å². The standard InChI is InChI=1S/C10H17NO4/c1-7-5-11(6-8(2)15-7)9(12)3-4-10(13)14/h7-8H,3-6H2,1-2H3,(H,13,14)/t7-,8-/m0/s1. The van der Waals surface area contributed by atoms with E-state index in [2.05, 4.69) is 0 Å². The van der Waals surface area contributed by atoms with Crippen LogP contribution in [-0.4, -0.2) is 47.2 Å². The molecule has 1 N–H and O–H groups in total. The van der Waals surface area contributed by atoms with Crippen LogP contribution >= 0.6 is 0 Å². The second-order valence-corrected chi connectivity index (χ2v) is 3.95. The molecule has 1 rings (SSSR count). The highest BCUT2D eigenvalue weighted by molar-refractivity contribution is 5.80. The Bertz CT molecular complexity index is 244. The molecule has 0 unspecified atom stereocenters. The molecule has 0 aromatic heterocycles. The maximum Gasteiger partial charge on any atom is 0.303 e. The van der Waals surface area contributed by atoms with Gasteiger partial charge in [-0.05, 0) is 13.8 Å². The Hall–Kier alpha value is -1.10. The smallest absolute Gasteiger partial charge is 0.303 e. The van der Waals surface area contributed by atoms with Crippen molar-refractivity contribution in [2.45, 2.75) is 38.9 Å². The minimum atomic E-state index is -0.933. The molecule has 0 saturated carbocycles. The Morgan fingerprint density at radius 1 is 1.27 bits per heavy atom. The van der Waals surface area contributed by atoms with E-state index in [4.69, 9.17) is 9.84 Å². The van der Waals surface area contributed by atoms with E-state index in [9.17, 15) is 9.59 Å². The van der Waals surface area contributed by atoms with Gasteiger partial charge >= 0.3 is 5.97 Å². The molecule has 15 heavy (non-hydrogen) atoms. The van der Waals surface area contributed by atoms with E-state index in [0.717, 1.165) is 0 Å². The largest absolute Gasteiger partial charge is 0.481 e. The number of carbonyl (C=O) groups excluding carboxylic acids is 1. The molecule has 0 aromatic rings. The first kappa shape index (κ1) is 12.0. The van der Waals surface area contributed by atoms with Crippen LogP contribution in [0.15, 0.2) is 0 Å². The van der Waals surface area contributed by atoms with Gasteiger partial charge in [-0.15, -0.1) is 0 Å². The molecule has 0 spiro atoms. The van der Waals surface area contributed by atoms with Crippen LogP contribution < -0.4 is 0 Å². The third-order valence-corrected chi connectivity index (χ3v) is 2.33. The predicted molar refractivity (Wildman–Crippen MR) is 53.5 cm³/mol. The van der Waals surface area contributed by atoms with Gasteiger partial charge in [0.25, 0.3) is 0 Å². The number of aliphatic carboxylic acids is 1. The Balaban J connectivity index is 2.41. The van der Waals surface area contributed by atoms with Crippen molar-refractivity contribution < 1.29 is 19.4 Å². The third-order valence-electron chi connectivity index (χ3n) is 2.33. The van der Waals surface area contributed by atoms with Gasteiger partial charge in [0.2, 0.25) is 5.91 Å². The van der Waals surface area contributed by atoms with Crippen LogP contribution in [0.1, 0.15) is 26.7 Å². The summed E-state index contributed by atoms with van der Waals surface area (Å²) in [7, 11) is 0. The number of rotatable bonds is 3. The molecule has 1 amide bonds. The van der Waals surface area contributed by atoms with Crippen molar-refractivity contribution in [3.05, 3.63) is 0 Å². The van der Waals surface area contributed by atoms with E-state index in [1.807, 2.05) is 13.8 Å². The normalized spacial score (nSPS) is 26.4. The highest BCUT2D eigenvalue weighted by atomic mass is 16.5. The van der Waals surface area contributed by atoms with Gasteiger partial charge in [0, 0.05) is 19.5 Å². The Morgan fingerprint density at radius 2 is 1.80 bits per heavy atom. The molecule has 0 bridgehead atoms. The van der Waals surface area contributed by atoms with Gasteiger partial charge < -0.3 is 14.7 Å². The van der Waals surface area contributed by atoms with E-state index in [1.54, 1.807) is 4.90 Å². The first-order valence-electron chi connectivity index (χ1n) is 5.14. The van der Waals surface area contributed by atoms with Crippen molar-refractivity contribution in [3.63, 3.8) is 0 Å². The zero-order chi connectivity index (χ0) is 11.4. The van der Waals surface area contributed by atoms with Gasteiger partial charge in [-0.25, -0.2) is 0 Å². The van der Waals surface area contributed by atoms with E-state index in [1.165, 1.54) is 0 Å². The summed E-state index contributed by atoms with van der Waals surface area (Å²) in [6.45, 7) is 4.94. The lowest BCUT2D eigenvalue weighted by Crippen LogP contribution is -2.48. The van der Waals surface area contributed by atoms with Gasteiger partial charge in [-0.1, -0.05) is 0 Å². The minimum absolute atomic E-state index is 0.0301. The van der Waals surface area contributed by atoms with Crippen molar-refractivity contribution in [1.29, 1.82) is 0 Å². The highest BCUT2D eigenvalue weighted by Gasteiger charge is 2.25. The summed E-state index contributed by atoms with van der Waals surface area (Å²) in [5.74, 6) is -1.03. The highest BCUT2D eigenvalue weighted by Crippen LogP contribution is 2.12. The van der Waals surface area contributed by atoms with Crippen molar-refractivity contribution in [2.75, 3.05) is 13.1 Å². The number of nitrogens with zero attached hydrogens (tertiary/aromatic N) is 1. The summed E-state index contributed by atoms with van der Waals surface area (Å²) in [4.78, 5) is 23.6. The lowest BCUT2D eigenvalue weighted by atomic mass is 10.2. The molecule has 1 saturated heterocycles. The van der Waals surface area contributed by atoms with E-state index in [-0.39, 0.29) is 31.0 Å². The molecule has 86 valence electrons. The summed E-state index contributed by atoms with van der Waals surface area (Å²) in [5, 5.41) is 8.47. The molecule has 0 aromatic carbocycles. The van der Waals surface area contributed by atoms with Crippen LogP contribution in [-0.2, 0) is 14.3 Å². The molecule has 1 aliphatic heterocycles. The second kappa shape index (κ2) is 5.11. The number of morpholine rings is 1. The molecule has 1 aliphatic rings. The van der Waals surface area contributed by atoms with Crippen LogP contribution in [0.4, 0.5) is 0 Å². The predicted octanol–water partition coefficient (Wildman–Crippen LogP) is 0.487. The molecule has 0 aliphatic carbocycles. The van der Waals surface area contributed by atoms with Gasteiger partial charge in [-0.2, -0.15) is 0 Å². The second-order valence-electron chi connectivity index (χ2n) is 3.95. The van der Waals surface area contributed by atoms with Crippen LogP contribution in [0.5, 0.6) is 0 Å². The third kappa shape index (κ3) is 3.87. The number of hydrogen-bond acceptors (Lipinski definition) is 3. The zero-order valence-corrected chi connectivity index (χ0v) is 9.10. The average molecular weight is 215 g/mol. The summed E-state index contributed by atoms with van der Waals surface area (Å²) in [6.07, 6.45) is 0.0401. The van der Waals surface area contributed by atoms with Crippen LogP contribution in [0.25, 0.3) is 0 Å². The summed E-state index contributed by atoms with van der Waals surface area (Å²) in [5.41, 5.74) is 0. The van der Waals surface area contributed by atoms with E-state index in [0.29, 0.717) is 13.1 Å². The monoisotopic (exact) mass is 215 g/mol. The fourth-order valence-corrected chi connectivity index (χ4v) is 1.75. The average Bonchev–Trinajstić information content (AvgIpc) is 2.12. The van der Waals surface area contributed by atoms with Crippen molar-refractivity contribution in [2.24, 2.45) is 0 Å². The number of carboxylic acid groups (broad SMARTS) is 1. The Labute approximate surface area is 89.0 Å². The van der Waals surface area contributed by atoms with Crippen LogP contribution in [0.3, 0.4) is 0 Å². The number of carbonyl (C=O) groups is 2. The topological polar surface area (TPSA) is 66.8 Å². The van der Waals surface area contributed by atoms with E-state index >= 15 is 0 Å². The summed E-state index contributed by atoms with van der Waals surface area (Å²) < 4.78 is 5.48. The molecule has 0 radical (unpaired) electrons. The first-order valence-corrected chi connectivity index (χ1v) is 5.14. The molecular weight excluding hydrogens is 198 g/mol. The molecule has 2 atom stereocenters. The zero-order valence-electron chi connectivity index (χ0n) is 9.10. The fourth-order valence-electron chi connectivity index (χ4n) is 1.75. The Kier molecular flexibility index (Phi) is 4.08. The van der Waals surface area contributed by atoms with Crippen LogP contribution in [0, 0.1) is 0 Å². The summed E-state index contributed by atoms with van der Waals surface area (Å²) in [6, 6.07) is 0. The van der Waals surface area contributed by atoms with Crippen molar-refractivity contribution >= 4 is 11.9 Å². The van der Waals surface area contributed by atoms with Gasteiger partial charge in [-0.3, -0.25) is 9.59 Å². The van der Waals surface area contributed by atoms with Gasteiger partial charge in [0.1, 0.15) is 0 Å². The summed E-state index contributed by atoms with van der Waals surface area (Å²) >= 11 is 0. The maximum atomic E-state index is 11.6. The molecule has 1 heterocycles. The van der Waals surface area contributed by atoms with Gasteiger partial charge in [0.05, 0.1) is 18.6 Å². The first-order chi connectivity index (χ1) is 6.99. The SMILES string of the molecule is C[C@H]1CN(C(=O)CCC(=O)O)C[C@H](C)O1. The number of amides is 1. The van der Waals surface area contributed by atoms with Crippen LogP contribution in [0.2, 0.25) is 0 Å². The quantitative estimate of drug-likeness (QED) is 0.744. The van der Waals surface area contributed by atoms with Crippen molar-refractivity contribution in [1.82, 2.24) is 4.90 Å².